The predicted molar refractivity (Wildman–Crippen MR) is 72.4 cm³/mol. The van der Waals surface area contributed by atoms with E-state index in [1.54, 1.807) is 6.07 Å². The summed E-state index contributed by atoms with van der Waals surface area (Å²) in [6.07, 6.45) is 2.51. The Morgan fingerprint density at radius 3 is 2.67 bits per heavy atom. The minimum Gasteiger partial charge on any atom is -0.370 e. The van der Waals surface area contributed by atoms with Gasteiger partial charge in [-0.05, 0) is 6.42 Å². The van der Waals surface area contributed by atoms with E-state index in [4.69, 9.17) is 11.6 Å². The van der Waals surface area contributed by atoms with E-state index >= 15 is 0 Å². The summed E-state index contributed by atoms with van der Waals surface area (Å²) < 4.78 is 24.1. The van der Waals surface area contributed by atoms with Crippen LogP contribution in [-0.2, 0) is 16.4 Å². The average Bonchev–Trinajstić information content (AvgIpc) is 2.26. The molecule has 0 saturated heterocycles. The molecule has 18 heavy (non-hydrogen) atoms. The number of sulfonamides is 1. The summed E-state index contributed by atoms with van der Waals surface area (Å²) >= 11 is 5.85. The van der Waals surface area contributed by atoms with E-state index in [-0.39, 0.29) is 0 Å². The molecule has 2 N–H and O–H groups in total. The number of halogens is 1. The van der Waals surface area contributed by atoms with Crippen molar-refractivity contribution >= 4 is 27.4 Å². The van der Waals surface area contributed by atoms with Gasteiger partial charge in [-0.25, -0.2) is 23.1 Å². The smallest absolute Gasteiger partial charge is 0.208 e. The van der Waals surface area contributed by atoms with Crippen molar-refractivity contribution in [2.75, 3.05) is 24.7 Å². The average molecular weight is 293 g/mol. The van der Waals surface area contributed by atoms with Gasteiger partial charge in [0, 0.05) is 25.6 Å². The lowest BCUT2D eigenvalue weighted by Crippen LogP contribution is -2.24. The van der Waals surface area contributed by atoms with Crippen molar-refractivity contribution in [2.45, 2.75) is 19.8 Å². The predicted octanol–water partition coefficient (Wildman–Crippen LogP) is 1.04. The molecule has 0 fully saturated rings. The van der Waals surface area contributed by atoms with Crippen LogP contribution in [0.25, 0.3) is 0 Å². The molecule has 0 atom stereocenters. The summed E-state index contributed by atoms with van der Waals surface area (Å²) in [6, 6.07) is 1.64. The number of rotatable bonds is 7. The zero-order chi connectivity index (χ0) is 13.6. The third-order valence-electron chi connectivity index (χ3n) is 2.08. The molecule has 1 aromatic rings. The highest BCUT2D eigenvalue weighted by atomic mass is 35.5. The highest BCUT2D eigenvalue weighted by Crippen LogP contribution is 2.11. The van der Waals surface area contributed by atoms with Gasteiger partial charge in [-0.1, -0.05) is 18.5 Å². The van der Waals surface area contributed by atoms with Gasteiger partial charge < -0.3 is 5.32 Å². The van der Waals surface area contributed by atoms with Gasteiger partial charge >= 0.3 is 0 Å². The molecule has 0 amide bonds. The van der Waals surface area contributed by atoms with Crippen LogP contribution < -0.4 is 10.0 Å². The Labute approximate surface area is 112 Å². The Morgan fingerprint density at radius 1 is 1.33 bits per heavy atom. The fraction of sp³-hybridized carbons (Fsp3) is 0.600. The van der Waals surface area contributed by atoms with Crippen LogP contribution in [0, 0.1) is 0 Å². The second-order valence-electron chi connectivity index (χ2n) is 3.79. The molecular weight excluding hydrogens is 276 g/mol. The Bertz CT molecular complexity index is 493. The van der Waals surface area contributed by atoms with E-state index in [0.29, 0.717) is 42.7 Å². The lowest BCUT2D eigenvalue weighted by atomic mass is 10.4. The lowest BCUT2D eigenvalue weighted by molar-refractivity contribution is 0.586. The SMILES string of the molecule is CCc1nc(Cl)cc(NCCCNS(C)(=O)=O)n1. The molecule has 0 aromatic carbocycles. The lowest BCUT2D eigenvalue weighted by Gasteiger charge is -2.07. The van der Waals surface area contributed by atoms with Crippen LogP contribution in [0.5, 0.6) is 0 Å². The van der Waals surface area contributed by atoms with E-state index in [1.807, 2.05) is 6.92 Å². The Morgan fingerprint density at radius 2 is 2.06 bits per heavy atom. The van der Waals surface area contributed by atoms with Crippen molar-refractivity contribution in [2.24, 2.45) is 0 Å². The van der Waals surface area contributed by atoms with E-state index in [9.17, 15) is 8.42 Å². The molecule has 1 aromatic heterocycles. The van der Waals surface area contributed by atoms with Crippen LogP contribution in [-0.4, -0.2) is 37.7 Å². The molecule has 0 unspecified atom stereocenters. The summed E-state index contributed by atoms with van der Waals surface area (Å²) in [5.41, 5.74) is 0. The monoisotopic (exact) mass is 292 g/mol. The Balaban J connectivity index is 2.37. The zero-order valence-electron chi connectivity index (χ0n) is 10.4. The van der Waals surface area contributed by atoms with Crippen LogP contribution >= 0.6 is 11.6 Å². The van der Waals surface area contributed by atoms with Crippen molar-refractivity contribution in [3.63, 3.8) is 0 Å². The van der Waals surface area contributed by atoms with Crippen molar-refractivity contribution < 1.29 is 8.42 Å². The van der Waals surface area contributed by atoms with Crippen molar-refractivity contribution in [3.8, 4) is 0 Å². The summed E-state index contributed by atoms with van der Waals surface area (Å²) in [5, 5.41) is 3.48. The number of nitrogens with one attached hydrogen (secondary N) is 2. The topological polar surface area (TPSA) is 84.0 Å². The number of hydrogen-bond donors (Lipinski definition) is 2. The van der Waals surface area contributed by atoms with E-state index in [1.165, 1.54) is 0 Å². The summed E-state index contributed by atoms with van der Waals surface area (Å²) in [4.78, 5) is 8.30. The molecule has 102 valence electrons. The Hall–Kier alpha value is -0.920. The number of aromatic nitrogens is 2. The molecule has 0 aliphatic rings. The summed E-state index contributed by atoms with van der Waals surface area (Å²) in [6.45, 7) is 2.95. The minimum absolute atomic E-state index is 0.394. The zero-order valence-corrected chi connectivity index (χ0v) is 12.0. The van der Waals surface area contributed by atoms with Crippen LogP contribution in [0.2, 0.25) is 5.15 Å². The number of hydrogen-bond acceptors (Lipinski definition) is 5. The molecule has 0 aliphatic heterocycles. The second kappa shape index (κ2) is 6.86. The molecule has 8 heteroatoms. The van der Waals surface area contributed by atoms with Crippen molar-refractivity contribution in [1.82, 2.24) is 14.7 Å². The molecule has 1 heterocycles. The fourth-order valence-electron chi connectivity index (χ4n) is 1.28. The standard InChI is InChI=1S/C10H17ClN4O2S/c1-3-9-14-8(11)7-10(15-9)12-5-4-6-13-18(2,16)17/h7,13H,3-6H2,1-2H3,(H,12,14,15). The molecule has 0 bridgehead atoms. The molecule has 6 nitrogen and oxygen atoms in total. The summed E-state index contributed by atoms with van der Waals surface area (Å²) in [7, 11) is -3.11. The van der Waals surface area contributed by atoms with Gasteiger partial charge in [0.2, 0.25) is 10.0 Å². The number of nitrogens with zero attached hydrogens (tertiary/aromatic N) is 2. The maximum absolute atomic E-state index is 10.8. The fourth-order valence-corrected chi connectivity index (χ4v) is 1.99. The van der Waals surface area contributed by atoms with E-state index in [0.717, 1.165) is 6.26 Å². The quantitative estimate of drug-likeness (QED) is 0.579. The van der Waals surface area contributed by atoms with E-state index < -0.39 is 10.0 Å². The first-order valence-corrected chi connectivity index (χ1v) is 7.89. The molecular formula is C10H17ClN4O2S. The second-order valence-corrected chi connectivity index (χ2v) is 6.01. The largest absolute Gasteiger partial charge is 0.370 e. The number of aryl methyl sites for hydroxylation is 1. The maximum Gasteiger partial charge on any atom is 0.208 e. The number of anilines is 1. The molecule has 0 saturated carbocycles. The summed E-state index contributed by atoms with van der Waals surface area (Å²) in [5.74, 6) is 1.34. The van der Waals surface area contributed by atoms with Gasteiger partial charge in [0.25, 0.3) is 0 Å². The highest BCUT2D eigenvalue weighted by molar-refractivity contribution is 7.88. The molecule has 0 spiro atoms. The highest BCUT2D eigenvalue weighted by Gasteiger charge is 2.02. The maximum atomic E-state index is 10.8. The van der Waals surface area contributed by atoms with Gasteiger partial charge in [-0.15, -0.1) is 0 Å². The van der Waals surface area contributed by atoms with Crippen LogP contribution in [0.1, 0.15) is 19.2 Å². The third kappa shape index (κ3) is 6.13. The minimum atomic E-state index is -3.11. The normalized spacial score (nSPS) is 11.5. The first kappa shape index (κ1) is 15.1. The molecule has 0 radical (unpaired) electrons. The van der Waals surface area contributed by atoms with Crippen molar-refractivity contribution in [1.29, 1.82) is 0 Å². The van der Waals surface area contributed by atoms with Crippen LogP contribution in [0.3, 0.4) is 0 Å². The van der Waals surface area contributed by atoms with E-state index in [2.05, 4.69) is 20.0 Å². The van der Waals surface area contributed by atoms with Gasteiger partial charge in [-0.2, -0.15) is 0 Å². The Kier molecular flexibility index (Phi) is 5.77. The third-order valence-corrected chi connectivity index (χ3v) is 3.00. The van der Waals surface area contributed by atoms with Gasteiger partial charge in [0.05, 0.1) is 6.26 Å². The first-order valence-electron chi connectivity index (χ1n) is 5.62. The van der Waals surface area contributed by atoms with Crippen molar-refractivity contribution in [3.05, 3.63) is 17.0 Å². The van der Waals surface area contributed by atoms with Gasteiger partial charge in [-0.3, -0.25) is 0 Å². The van der Waals surface area contributed by atoms with Crippen LogP contribution in [0.4, 0.5) is 5.82 Å². The van der Waals surface area contributed by atoms with Crippen LogP contribution in [0.15, 0.2) is 6.07 Å². The molecule has 0 aliphatic carbocycles. The molecule has 1 rings (SSSR count). The van der Waals surface area contributed by atoms with Gasteiger partial charge in [0.1, 0.15) is 16.8 Å². The van der Waals surface area contributed by atoms with Gasteiger partial charge in [0.15, 0.2) is 0 Å². The first-order chi connectivity index (χ1) is 8.40.